The molecule has 0 aromatic heterocycles. The maximum absolute atomic E-state index is 12.7. The van der Waals surface area contributed by atoms with E-state index in [-0.39, 0.29) is 6.04 Å². The van der Waals surface area contributed by atoms with Crippen molar-refractivity contribution >= 4 is 5.78 Å². The zero-order valence-corrected chi connectivity index (χ0v) is 10.8. The van der Waals surface area contributed by atoms with Gasteiger partial charge in [0.1, 0.15) is 0 Å². The van der Waals surface area contributed by atoms with Gasteiger partial charge in [-0.2, -0.15) is 0 Å². The van der Waals surface area contributed by atoms with Gasteiger partial charge in [-0.15, -0.1) is 0 Å². The highest BCUT2D eigenvalue weighted by molar-refractivity contribution is 5.88. The van der Waals surface area contributed by atoms with Crippen LogP contribution >= 0.6 is 0 Å². The summed E-state index contributed by atoms with van der Waals surface area (Å²) in [7, 11) is 0. The Labute approximate surface area is 109 Å². The predicted octanol–water partition coefficient (Wildman–Crippen LogP) is 3.02. The Kier molecular flexibility index (Phi) is 3.46. The van der Waals surface area contributed by atoms with Crippen molar-refractivity contribution in [3.8, 4) is 0 Å². The summed E-state index contributed by atoms with van der Waals surface area (Å²) in [4.78, 5) is 12.7. The van der Waals surface area contributed by atoms with E-state index in [1.807, 2.05) is 6.07 Å². The highest BCUT2D eigenvalue weighted by atomic mass is 16.1. The van der Waals surface area contributed by atoms with Crippen molar-refractivity contribution < 1.29 is 4.79 Å². The second-order valence-electron chi connectivity index (χ2n) is 5.57. The van der Waals surface area contributed by atoms with E-state index < -0.39 is 0 Å². The SMILES string of the molecule is O=C(C1CCCCC1)C1NCCc2ccccc21. The van der Waals surface area contributed by atoms with Crippen LogP contribution in [-0.4, -0.2) is 12.3 Å². The van der Waals surface area contributed by atoms with E-state index in [0.717, 1.165) is 25.8 Å². The number of nitrogens with one attached hydrogen (secondary N) is 1. The summed E-state index contributed by atoms with van der Waals surface area (Å²) in [6.45, 7) is 0.931. The van der Waals surface area contributed by atoms with Gasteiger partial charge in [0.25, 0.3) is 0 Å². The Morgan fingerprint density at radius 3 is 2.72 bits per heavy atom. The molecule has 2 aliphatic rings. The van der Waals surface area contributed by atoms with E-state index in [0.29, 0.717) is 11.7 Å². The summed E-state index contributed by atoms with van der Waals surface area (Å²) < 4.78 is 0. The third-order valence-corrected chi connectivity index (χ3v) is 4.40. The first-order valence-electron chi connectivity index (χ1n) is 7.21. The van der Waals surface area contributed by atoms with Gasteiger partial charge in [-0.3, -0.25) is 4.79 Å². The Hall–Kier alpha value is -1.15. The minimum absolute atomic E-state index is 0.0435. The average molecular weight is 243 g/mol. The Balaban J connectivity index is 1.82. The van der Waals surface area contributed by atoms with Crippen LogP contribution in [0.4, 0.5) is 0 Å². The average Bonchev–Trinajstić information content (AvgIpc) is 2.47. The molecule has 2 nitrogen and oxygen atoms in total. The van der Waals surface area contributed by atoms with Crippen molar-refractivity contribution in [3.05, 3.63) is 35.4 Å². The van der Waals surface area contributed by atoms with E-state index in [1.54, 1.807) is 0 Å². The molecule has 18 heavy (non-hydrogen) atoms. The molecule has 2 heteroatoms. The molecule has 1 fully saturated rings. The fraction of sp³-hybridized carbons (Fsp3) is 0.562. The van der Waals surface area contributed by atoms with Gasteiger partial charge in [0.2, 0.25) is 0 Å². The lowest BCUT2D eigenvalue weighted by Crippen LogP contribution is -2.38. The molecule has 1 aromatic rings. The van der Waals surface area contributed by atoms with Gasteiger partial charge in [-0.05, 0) is 30.4 Å². The molecule has 1 atom stereocenters. The summed E-state index contributed by atoms with van der Waals surface area (Å²) >= 11 is 0. The van der Waals surface area contributed by atoms with Gasteiger partial charge in [-0.25, -0.2) is 0 Å². The summed E-state index contributed by atoms with van der Waals surface area (Å²) in [6.07, 6.45) is 7.00. The van der Waals surface area contributed by atoms with E-state index >= 15 is 0 Å². The number of benzene rings is 1. The quantitative estimate of drug-likeness (QED) is 0.865. The molecule has 1 aliphatic carbocycles. The van der Waals surface area contributed by atoms with E-state index in [2.05, 4.69) is 23.5 Å². The number of rotatable bonds is 2. The van der Waals surface area contributed by atoms with E-state index in [9.17, 15) is 4.79 Å². The number of carbonyl (C=O) groups excluding carboxylic acids is 1. The molecule has 1 N–H and O–H groups in total. The monoisotopic (exact) mass is 243 g/mol. The van der Waals surface area contributed by atoms with Crippen molar-refractivity contribution in [1.29, 1.82) is 0 Å². The smallest absolute Gasteiger partial charge is 0.157 e. The Morgan fingerprint density at radius 2 is 1.89 bits per heavy atom. The number of Topliss-reactive ketones (excluding diaryl/α,β-unsaturated/α-hetero) is 1. The summed E-state index contributed by atoms with van der Waals surface area (Å²) in [5.74, 6) is 0.726. The topological polar surface area (TPSA) is 29.1 Å². The third kappa shape index (κ3) is 2.22. The maximum Gasteiger partial charge on any atom is 0.157 e. The van der Waals surface area contributed by atoms with Crippen LogP contribution in [-0.2, 0) is 11.2 Å². The van der Waals surface area contributed by atoms with Crippen molar-refractivity contribution in [2.45, 2.75) is 44.6 Å². The van der Waals surface area contributed by atoms with Crippen molar-refractivity contribution in [3.63, 3.8) is 0 Å². The molecule has 0 bridgehead atoms. The maximum atomic E-state index is 12.7. The van der Waals surface area contributed by atoms with Gasteiger partial charge in [0, 0.05) is 12.5 Å². The van der Waals surface area contributed by atoms with Crippen LogP contribution in [0.15, 0.2) is 24.3 Å². The lowest BCUT2D eigenvalue weighted by atomic mass is 9.80. The number of hydrogen-bond donors (Lipinski definition) is 1. The van der Waals surface area contributed by atoms with Gasteiger partial charge < -0.3 is 5.32 Å². The molecule has 0 spiro atoms. The molecule has 1 aromatic carbocycles. The van der Waals surface area contributed by atoms with Crippen LogP contribution in [0.25, 0.3) is 0 Å². The molecule has 1 heterocycles. The third-order valence-electron chi connectivity index (χ3n) is 4.40. The fourth-order valence-electron chi connectivity index (χ4n) is 3.38. The Morgan fingerprint density at radius 1 is 1.11 bits per heavy atom. The lowest BCUT2D eigenvalue weighted by molar-refractivity contribution is -0.126. The van der Waals surface area contributed by atoms with E-state index in [4.69, 9.17) is 0 Å². The van der Waals surface area contributed by atoms with Crippen LogP contribution in [0.2, 0.25) is 0 Å². The van der Waals surface area contributed by atoms with Crippen molar-refractivity contribution in [1.82, 2.24) is 5.32 Å². The minimum Gasteiger partial charge on any atom is -0.303 e. The predicted molar refractivity (Wildman–Crippen MR) is 72.5 cm³/mol. The molecule has 3 rings (SSSR count). The van der Waals surface area contributed by atoms with Gasteiger partial charge in [0.15, 0.2) is 5.78 Å². The molecule has 0 amide bonds. The Bertz CT molecular complexity index is 434. The van der Waals surface area contributed by atoms with E-state index in [1.165, 1.54) is 30.4 Å². The highest BCUT2D eigenvalue weighted by Gasteiger charge is 2.31. The zero-order valence-electron chi connectivity index (χ0n) is 10.8. The van der Waals surface area contributed by atoms with Crippen molar-refractivity contribution in [2.75, 3.05) is 6.54 Å². The number of carbonyl (C=O) groups is 1. The number of ketones is 1. The summed E-state index contributed by atoms with van der Waals surface area (Å²) in [5, 5.41) is 3.42. The molecular formula is C16H21NO. The van der Waals surface area contributed by atoms with Crippen LogP contribution < -0.4 is 5.32 Å². The van der Waals surface area contributed by atoms with Crippen LogP contribution in [0, 0.1) is 5.92 Å². The second kappa shape index (κ2) is 5.23. The number of fused-ring (bicyclic) bond motifs is 1. The first-order valence-corrected chi connectivity index (χ1v) is 7.21. The normalized spacial score (nSPS) is 24.6. The van der Waals surface area contributed by atoms with Crippen LogP contribution in [0.1, 0.15) is 49.3 Å². The van der Waals surface area contributed by atoms with Crippen molar-refractivity contribution in [2.24, 2.45) is 5.92 Å². The zero-order chi connectivity index (χ0) is 12.4. The first kappa shape index (κ1) is 11.9. The van der Waals surface area contributed by atoms with Gasteiger partial charge in [0.05, 0.1) is 6.04 Å². The first-order chi connectivity index (χ1) is 8.86. The largest absolute Gasteiger partial charge is 0.303 e. The molecule has 96 valence electrons. The standard InChI is InChI=1S/C16H21NO/c18-16(13-7-2-1-3-8-13)15-14-9-5-4-6-12(14)10-11-17-15/h4-6,9,13,15,17H,1-3,7-8,10-11H2. The van der Waals surface area contributed by atoms with Crippen LogP contribution in [0.3, 0.4) is 0 Å². The molecule has 1 saturated carbocycles. The summed E-state index contributed by atoms with van der Waals surface area (Å²) in [5.41, 5.74) is 2.57. The van der Waals surface area contributed by atoms with Crippen LogP contribution in [0.5, 0.6) is 0 Å². The second-order valence-corrected chi connectivity index (χ2v) is 5.57. The van der Waals surface area contributed by atoms with Gasteiger partial charge >= 0.3 is 0 Å². The van der Waals surface area contributed by atoms with Gasteiger partial charge in [-0.1, -0.05) is 43.5 Å². The molecule has 1 aliphatic heterocycles. The molecular weight excluding hydrogens is 222 g/mol. The minimum atomic E-state index is -0.0435. The fourth-order valence-corrected chi connectivity index (χ4v) is 3.38. The lowest BCUT2D eigenvalue weighted by Gasteiger charge is -2.30. The highest BCUT2D eigenvalue weighted by Crippen LogP contribution is 2.31. The number of hydrogen-bond acceptors (Lipinski definition) is 2. The summed E-state index contributed by atoms with van der Waals surface area (Å²) in [6, 6.07) is 8.36. The molecule has 1 unspecified atom stereocenters. The molecule has 0 saturated heterocycles. The molecule has 0 radical (unpaired) electrons.